The van der Waals surface area contributed by atoms with Crippen molar-refractivity contribution in [2.24, 2.45) is 5.14 Å². The Morgan fingerprint density at radius 2 is 1.69 bits per heavy atom. The normalized spacial score (nSPS) is 11.3. The molecule has 3 rings (SSSR count). The van der Waals surface area contributed by atoms with Gasteiger partial charge >= 0.3 is 5.69 Å². The van der Waals surface area contributed by atoms with Crippen molar-refractivity contribution >= 4 is 21.6 Å². The van der Waals surface area contributed by atoms with Gasteiger partial charge in [-0.3, -0.25) is 9.59 Å². The van der Waals surface area contributed by atoms with E-state index in [0.717, 1.165) is 21.9 Å². The van der Waals surface area contributed by atoms with Gasteiger partial charge in [-0.1, -0.05) is 6.07 Å². The molecule has 1 amide bonds. The predicted molar refractivity (Wildman–Crippen MR) is 108 cm³/mol. The van der Waals surface area contributed by atoms with Crippen LogP contribution >= 0.6 is 0 Å². The first-order chi connectivity index (χ1) is 13.6. The van der Waals surface area contributed by atoms with Crippen molar-refractivity contribution in [2.45, 2.75) is 18.7 Å². The lowest BCUT2D eigenvalue weighted by Gasteiger charge is -2.10. The number of aromatic amines is 1. The van der Waals surface area contributed by atoms with Gasteiger partial charge in [0.25, 0.3) is 11.5 Å². The van der Waals surface area contributed by atoms with Gasteiger partial charge in [0.15, 0.2) is 0 Å². The Morgan fingerprint density at radius 3 is 2.28 bits per heavy atom. The summed E-state index contributed by atoms with van der Waals surface area (Å²) in [6.07, 6.45) is 1.04. The van der Waals surface area contributed by atoms with Gasteiger partial charge in [-0.15, -0.1) is 0 Å². The van der Waals surface area contributed by atoms with E-state index in [1.54, 1.807) is 18.2 Å². The second kappa shape index (κ2) is 7.49. The zero-order valence-electron chi connectivity index (χ0n) is 15.6. The molecule has 0 atom stereocenters. The van der Waals surface area contributed by atoms with E-state index >= 15 is 0 Å². The Morgan fingerprint density at radius 1 is 1.03 bits per heavy atom. The van der Waals surface area contributed by atoms with Crippen LogP contribution in [0.2, 0.25) is 0 Å². The van der Waals surface area contributed by atoms with Crippen LogP contribution < -0.4 is 21.7 Å². The minimum atomic E-state index is -3.86. The van der Waals surface area contributed by atoms with Crippen molar-refractivity contribution in [1.82, 2.24) is 9.55 Å². The Hall–Kier alpha value is -3.50. The number of hydrogen-bond acceptors (Lipinski definition) is 5. The number of hydrogen-bond donors (Lipinski definition) is 3. The average molecular weight is 414 g/mol. The summed E-state index contributed by atoms with van der Waals surface area (Å²) in [4.78, 5) is 39.8. The van der Waals surface area contributed by atoms with E-state index in [0.29, 0.717) is 5.69 Å². The number of nitrogens with one attached hydrogen (secondary N) is 2. The van der Waals surface area contributed by atoms with E-state index in [-0.39, 0.29) is 16.1 Å². The van der Waals surface area contributed by atoms with Crippen LogP contribution in [0.25, 0.3) is 5.69 Å². The van der Waals surface area contributed by atoms with E-state index in [4.69, 9.17) is 5.14 Å². The standard InChI is InChI=1S/C19H18N4O5S/c1-11-3-6-14(9-12(11)2)23-18(25)16(10-21-19(23)26)17(24)22-13-4-7-15(8-5-13)29(20,27)28/h3-10H,1-2H3,(H,21,26)(H,22,24)(H2,20,27,28). The first kappa shape index (κ1) is 20.2. The number of sulfonamides is 1. The molecule has 0 spiro atoms. The number of amides is 1. The smallest absolute Gasteiger partial charge is 0.322 e. The van der Waals surface area contributed by atoms with Crippen LogP contribution in [0.4, 0.5) is 5.69 Å². The molecule has 9 nitrogen and oxygen atoms in total. The van der Waals surface area contributed by atoms with Crippen molar-refractivity contribution in [3.8, 4) is 5.69 Å². The zero-order chi connectivity index (χ0) is 21.3. The van der Waals surface area contributed by atoms with Gasteiger partial charge in [-0.05, 0) is 61.4 Å². The van der Waals surface area contributed by atoms with E-state index in [1.165, 1.54) is 24.3 Å². The van der Waals surface area contributed by atoms with Gasteiger partial charge in [0, 0.05) is 11.9 Å². The molecule has 0 aliphatic rings. The summed E-state index contributed by atoms with van der Waals surface area (Å²) < 4.78 is 23.5. The number of aryl methyl sites for hydroxylation is 2. The molecule has 0 bridgehead atoms. The third-order valence-electron chi connectivity index (χ3n) is 4.41. The molecule has 10 heteroatoms. The monoisotopic (exact) mass is 414 g/mol. The number of primary sulfonamides is 1. The van der Waals surface area contributed by atoms with Gasteiger partial charge in [0.05, 0.1) is 10.6 Å². The van der Waals surface area contributed by atoms with Crippen molar-refractivity contribution < 1.29 is 13.2 Å². The lowest BCUT2D eigenvalue weighted by molar-refractivity contribution is 0.102. The fraction of sp³-hybridized carbons (Fsp3) is 0.105. The number of carbonyl (C=O) groups is 1. The Bertz CT molecular complexity index is 1320. The van der Waals surface area contributed by atoms with E-state index in [9.17, 15) is 22.8 Å². The summed E-state index contributed by atoms with van der Waals surface area (Å²) in [5, 5.41) is 7.52. The minimum absolute atomic E-state index is 0.114. The van der Waals surface area contributed by atoms with Crippen LogP contribution in [0.1, 0.15) is 21.5 Å². The van der Waals surface area contributed by atoms with Crippen LogP contribution in [-0.2, 0) is 10.0 Å². The highest BCUT2D eigenvalue weighted by Gasteiger charge is 2.17. The highest BCUT2D eigenvalue weighted by molar-refractivity contribution is 7.89. The zero-order valence-corrected chi connectivity index (χ0v) is 16.4. The molecule has 0 unspecified atom stereocenters. The number of rotatable bonds is 4. The van der Waals surface area contributed by atoms with Gasteiger partial charge in [0.1, 0.15) is 5.56 Å². The number of H-pyrrole nitrogens is 1. The van der Waals surface area contributed by atoms with Crippen LogP contribution in [0, 0.1) is 13.8 Å². The van der Waals surface area contributed by atoms with Crippen LogP contribution in [0.15, 0.2) is 63.1 Å². The van der Waals surface area contributed by atoms with Crippen molar-refractivity contribution in [1.29, 1.82) is 0 Å². The number of carbonyl (C=O) groups excluding carboxylic acids is 1. The van der Waals surface area contributed by atoms with Crippen LogP contribution in [0.5, 0.6) is 0 Å². The van der Waals surface area contributed by atoms with Crippen molar-refractivity contribution in [3.05, 3.63) is 86.2 Å². The lowest BCUT2D eigenvalue weighted by Crippen LogP contribution is -2.38. The van der Waals surface area contributed by atoms with Gasteiger partial charge in [-0.25, -0.2) is 22.9 Å². The molecular weight excluding hydrogens is 396 g/mol. The first-order valence-corrected chi connectivity index (χ1v) is 9.99. The first-order valence-electron chi connectivity index (χ1n) is 8.44. The van der Waals surface area contributed by atoms with E-state index in [1.807, 2.05) is 13.8 Å². The minimum Gasteiger partial charge on any atom is -0.322 e. The van der Waals surface area contributed by atoms with E-state index < -0.39 is 27.2 Å². The molecule has 3 aromatic rings. The summed E-state index contributed by atoms with van der Waals surface area (Å²) in [6.45, 7) is 3.75. The summed E-state index contributed by atoms with van der Waals surface area (Å²) in [7, 11) is -3.86. The van der Waals surface area contributed by atoms with Crippen LogP contribution in [0.3, 0.4) is 0 Å². The maximum atomic E-state index is 12.8. The molecule has 0 saturated heterocycles. The fourth-order valence-corrected chi connectivity index (χ4v) is 3.18. The predicted octanol–water partition coefficient (Wildman–Crippen LogP) is 1.04. The number of nitrogens with two attached hydrogens (primary N) is 1. The quantitative estimate of drug-likeness (QED) is 0.584. The second-order valence-corrected chi connectivity index (χ2v) is 8.00. The molecule has 1 heterocycles. The molecule has 4 N–H and O–H groups in total. The summed E-state index contributed by atoms with van der Waals surface area (Å²) in [6, 6.07) is 10.2. The van der Waals surface area contributed by atoms with Gasteiger partial charge in [-0.2, -0.15) is 0 Å². The average Bonchev–Trinajstić information content (AvgIpc) is 2.64. The maximum Gasteiger partial charge on any atom is 0.333 e. The Kier molecular flexibility index (Phi) is 5.23. The van der Waals surface area contributed by atoms with Crippen molar-refractivity contribution in [3.63, 3.8) is 0 Å². The number of aromatic nitrogens is 2. The number of nitrogens with zero attached hydrogens (tertiary/aromatic N) is 1. The number of benzene rings is 2. The number of anilines is 1. The fourth-order valence-electron chi connectivity index (χ4n) is 2.66. The SMILES string of the molecule is Cc1ccc(-n2c(=O)[nH]cc(C(=O)Nc3ccc(S(N)(=O)=O)cc3)c2=O)cc1C. The molecule has 0 aliphatic heterocycles. The molecule has 0 fully saturated rings. The lowest BCUT2D eigenvalue weighted by atomic mass is 10.1. The third-order valence-corrected chi connectivity index (χ3v) is 5.34. The van der Waals surface area contributed by atoms with Gasteiger partial charge < -0.3 is 10.3 Å². The Labute approximate surface area is 165 Å². The summed E-state index contributed by atoms with van der Waals surface area (Å²) in [5.41, 5.74) is 0.743. The molecule has 2 aromatic carbocycles. The molecule has 1 aromatic heterocycles. The maximum absolute atomic E-state index is 12.8. The highest BCUT2D eigenvalue weighted by Crippen LogP contribution is 2.14. The van der Waals surface area contributed by atoms with Gasteiger partial charge in [0.2, 0.25) is 10.0 Å². The molecule has 0 radical (unpaired) electrons. The Balaban J connectivity index is 1.97. The second-order valence-electron chi connectivity index (χ2n) is 6.44. The topological polar surface area (TPSA) is 144 Å². The van der Waals surface area contributed by atoms with E-state index in [2.05, 4.69) is 10.3 Å². The molecule has 29 heavy (non-hydrogen) atoms. The highest BCUT2D eigenvalue weighted by atomic mass is 32.2. The molecule has 0 saturated carbocycles. The largest absolute Gasteiger partial charge is 0.333 e. The molecule has 150 valence electrons. The molecular formula is C19H18N4O5S. The summed E-state index contributed by atoms with van der Waals surface area (Å²) in [5.74, 6) is -0.757. The summed E-state index contributed by atoms with van der Waals surface area (Å²) >= 11 is 0. The van der Waals surface area contributed by atoms with Crippen molar-refractivity contribution in [2.75, 3.05) is 5.32 Å². The third kappa shape index (κ3) is 4.18. The van der Waals surface area contributed by atoms with Crippen LogP contribution in [-0.4, -0.2) is 23.9 Å². The molecule has 0 aliphatic carbocycles.